The van der Waals surface area contributed by atoms with Gasteiger partial charge in [0.25, 0.3) is 0 Å². The van der Waals surface area contributed by atoms with Gasteiger partial charge in [0.2, 0.25) is 0 Å². The molecule has 0 bridgehead atoms. The molecule has 3 rings (SSSR count). The van der Waals surface area contributed by atoms with Gasteiger partial charge in [0, 0.05) is 29.7 Å². The van der Waals surface area contributed by atoms with Crippen LogP contribution in [-0.2, 0) is 0 Å². The molecule has 0 saturated carbocycles. The van der Waals surface area contributed by atoms with E-state index in [2.05, 4.69) is 9.98 Å². The van der Waals surface area contributed by atoms with Crippen LogP contribution in [0.3, 0.4) is 0 Å². The van der Waals surface area contributed by atoms with Gasteiger partial charge < -0.3 is 5.11 Å². The molecule has 0 atom stereocenters. The van der Waals surface area contributed by atoms with Crippen LogP contribution in [0, 0.1) is 0 Å². The summed E-state index contributed by atoms with van der Waals surface area (Å²) < 4.78 is 0. The Kier molecular flexibility index (Phi) is 3.92. The van der Waals surface area contributed by atoms with Crippen molar-refractivity contribution in [3.8, 4) is 5.75 Å². The number of phenolic OH excluding ortho intramolecular Hbond substituents is 1. The van der Waals surface area contributed by atoms with E-state index < -0.39 is 0 Å². The zero-order valence-corrected chi connectivity index (χ0v) is 11.8. The third-order valence-corrected chi connectivity index (χ3v) is 3.41. The Labute approximate surface area is 127 Å². The number of Topliss-reactive ketones (excluding diaryl/α,β-unsaturated/α-hetero) is 1. The molecule has 0 aliphatic carbocycles. The number of ketones is 1. The van der Waals surface area contributed by atoms with Crippen molar-refractivity contribution in [2.24, 2.45) is 4.99 Å². The van der Waals surface area contributed by atoms with Crippen molar-refractivity contribution < 1.29 is 9.90 Å². The first-order valence-corrected chi connectivity index (χ1v) is 6.89. The van der Waals surface area contributed by atoms with Crippen LogP contribution in [-0.4, -0.2) is 28.6 Å². The second-order valence-electron chi connectivity index (χ2n) is 4.85. The lowest BCUT2D eigenvalue weighted by Gasteiger charge is -2.04. The highest BCUT2D eigenvalue weighted by atomic mass is 16.3. The zero-order valence-electron chi connectivity index (χ0n) is 11.8. The van der Waals surface area contributed by atoms with E-state index in [9.17, 15) is 9.90 Å². The average molecular weight is 290 g/mol. The van der Waals surface area contributed by atoms with Gasteiger partial charge >= 0.3 is 0 Å². The first-order valence-electron chi connectivity index (χ1n) is 6.89. The summed E-state index contributed by atoms with van der Waals surface area (Å²) in [6, 6.07) is 14.5. The third-order valence-electron chi connectivity index (χ3n) is 3.41. The Morgan fingerprint density at radius 1 is 1.09 bits per heavy atom. The van der Waals surface area contributed by atoms with Crippen LogP contribution < -0.4 is 0 Å². The lowest BCUT2D eigenvalue weighted by molar-refractivity contribution is 0.100. The Hall–Kier alpha value is -3.01. The van der Waals surface area contributed by atoms with E-state index in [0.29, 0.717) is 11.1 Å². The summed E-state index contributed by atoms with van der Waals surface area (Å²) in [4.78, 5) is 20.0. The summed E-state index contributed by atoms with van der Waals surface area (Å²) in [6.07, 6.45) is 4.71. The standard InChI is InChI=1S/C18H14N2O2/c21-17-6-5-13-3-1-2-4-15(13)16(17)11-20-12-18(22)14-7-9-19-10-8-14/h1-11,21H,12H2/b20-11+. The normalized spacial score (nSPS) is 11.1. The lowest BCUT2D eigenvalue weighted by atomic mass is 10.0. The molecular weight excluding hydrogens is 276 g/mol. The maximum absolute atomic E-state index is 12.0. The fourth-order valence-electron chi connectivity index (χ4n) is 2.27. The highest BCUT2D eigenvalue weighted by Gasteiger charge is 2.06. The molecule has 2 aromatic carbocycles. The first-order chi connectivity index (χ1) is 10.8. The average Bonchev–Trinajstić information content (AvgIpc) is 2.57. The number of benzene rings is 2. The molecule has 3 aromatic rings. The minimum Gasteiger partial charge on any atom is -0.507 e. The molecule has 0 fully saturated rings. The number of carbonyl (C=O) groups is 1. The Morgan fingerprint density at radius 2 is 1.86 bits per heavy atom. The molecule has 4 heteroatoms. The van der Waals surface area contributed by atoms with Crippen molar-refractivity contribution in [3.63, 3.8) is 0 Å². The SMILES string of the molecule is O=C(C/N=C/c1c(O)ccc2ccccc12)c1ccncc1. The van der Waals surface area contributed by atoms with Crippen molar-refractivity contribution in [3.05, 3.63) is 72.1 Å². The van der Waals surface area contributed by atoms with E-state index in [0.717, 1.165) is 10.8 Å². The van der Waals surface area contributed by atoms with Crippen molar-refractivity contribution in [1.82, 2.24) is 4.98 Å². The molecular formula is C18H14N2O2. The number of aliphatic imine (C=N–C) groups is 1. The van der Waals surface area contributed by atoms with Crippen molar-refractivity contribution in [2.45, 2.75) is 0 Å². The minimum atomic E-state index is -0.0848. The highest BCUT2D eigenvalue weighted by molar-refractivity contribution is 6.04. The van der Waals surface area contributed by atoms with E-state index in [1.807, 2.05) is 30.3 Å². The van der Waals surface area contributed by atoms with Crippen LogP contribution in [0.5, 0.6) is 5.75 Å². The van der Waals surface area contributed by atoms with Gasteiger partial charge in [0.15, 0.2) is 5.78 Å². The first kappa shape index (κ1) is 13.9. The maximum Gasteiger partial charge on any atom is 0.184 e. The van der Waals surface area contributed by atoms with Crippen LogP contribution in [0.2, 0.25) is 0 Å². The van der Waals surface area contributed by atoms with Crippen molar-refractivity contribution in [2.75, 3.05) is 6.54 Å². The molecule has 22 heavy (non-hydrogen) atoms. The van der Waals surface area contributed by atoms with Gasteiger partial charge in [0.05, 0.1) is 0 Å². The Balaban J connectivity index is 1.84. The number of fused-ring (bicyclic) bond motifs is 1. The number of phenols is 1. The van der Waals surface area contributed by atoms with E-state index in [-0.39, 0.29) is 18.1 Å². The minimum absolute atomic E-state index is 0.0344. The lowest BCUT2D eigenvalue weighted by Crippen LogP contribution is -2.03. The van der Waals surface area contributed by atoms with Gasteiger partial charge in [-0.2, -0.15) is 0 Å². The second-order valence-corrected chi connectivity index (χ2v) is 4.85. The Morgan fingerprint density at radius 3 is 2.68 bits per heavy atom. The molecule has 0 unspecified atom stereocenters. The molecule has 0 spiro atoms. The smallest absolute Gasteiger partial charge is 0.184 e. The van der Waals surface area contributed by atoms with Crippen molar-refractivity contribution in [1.29, 1.82) is 0 Å². The van der Waals surface area contributed by atoms with Crippen molar-refractivity contribution >= 4 is 22.8 Å². The van der Waals surface area contributed by atoms with Gasteiger partial charge in [-0.1, -0.05) is 30.3 Å². The summed E-state index contributed by atoms with van der Waals surface area (Å²) in [5, 5.41) is 11.9. The molecule has 1 heterocycles. The zero-order chi connectivity index (χ0) is 15.4. The number of carbonyl (C=O) groups excluding carboxylic acids is 1. The van der Waals surface area contributed by atoms with E-state index in [4.69, 9.17) is 0 Å². The maximum atomic E-state index is 12.0. The van der Waals surface area contributed by atoms with Gasteiger partial charge in [-0.25, -0.2) is 0 Å². The molecule has 0 aliphatic rings. The number of hydrogen-bond donors (Lipinski definition) is 1. The molecule has 0 radical (unpaired) electrons. The third kappa shape index (κ3) is 2.86. The number of rotatable bonds is 4. The number of nitrogens with zero attached hydrogens (tertiary/aromatic N) is 2. The summed E-state index contributed by atoms with van der Waals surface area (Å²) >= 11 is 0. The summed E-state index contributed by atoms with van der Waals surface area (Å²) in [7, 11) is 0. The van der Waals surface area contributed by atoms with E-state index in [1.54, 1.807) is 36.8 Å². The summed E-state index contributed by atoms with van der Waals surface area (Å²) in [5.74, 6) is 0.0668. The fourth-order valence-corrected chi connectivity index (χ4v) is 2.27. The van der Waals surface area contributed by atoms with Gasteiger partial charge in [0.1, 0.15) is 12.3 Å². The Bertz CT molecular complexity index is 842. The molecule has 108 valence electrons. The molecule has 0 amide bonds. The van der Waals surface area contributed by atoms with Gasteiger partial charge in [-0.05, 0) is 29.0 Å². The van der Waals surface area contributed by atoms with Crippen LogP contribution >= 0.6 is 0 Å². The largest absolute Gasteiger partial charge is 0.507 e. The van der Waals surface area contributed by atoms with E-state index >= 15 is 0 Å². The van der Waals surface area contributed by atoms with Gasteiger partial charge in [-0.15, -0.1) is 0 Å². The molecule has 0 saturated heterocycles. The number of pyridine rings is 1. The number of hydrogen-bond acceptors (Lipinski definition) is 4. The molecule has 0 aliphatic heterocycles. The quantitative estimate of drug-likeness (QED) is 0.592. The van der Waals surface area contributed by atoms with Crippen LogP contribution in [0.4, 0.5) is 0 Å². The number of aromatic hydroxyl groups is 1. The molecule has 4 nitrogen and oxygen atoms in total. The predicted octanol–water partition coefficient (Wildman–Crippen LogP) is 3.24. The topological polar surface area (TPSA) is 62.5 Å². The fraction of sp³-hybridized carbons (Fsp3) is 0.0556. The van der Waals surface area contributed by atoms with E-state index in [1.165, 1.54) is 0 Å². The molecule has 1 aromatic heterocycles. The predicted molar refractivity (Wildman–Crippen MR) is 86.6 cm³/mol. The number of aromatic nitrogens is 1. The highest BCUT2D eigenvalue weighted by Crippen LogP contribution is 2.25. The molecule has 1 N–H and O–H groups in total. The van der Waals surface area contributed by atoms with Crippen LogP contribution in [0.25, 0.3) is 10.8 Å². The summed E-state index contributed by atoms with van der Waals surface area (Å²) in [6.45, 7) is 0.0344. The van der Waals surface area contributed by atoms with Crippen LogP contribution in [0.1, 0.15) is 15.9 Å². The monoisotopic (exact) mass is 290 g/mol. The summed E-state index contributed by atoms with van der Waals surface area (Å²) in [5.41, 5.74) is 1.20. The second kappa shape index (κ2) is 6.18. The van der Waals surface area contributed by atoms with Gasteiger partial charge in [-0.3, -0.25) is 14.8 Å². The van der Waals surface area contributed by atoms with Crippen LogP contribution in [0.15, 0.2) is 65.9 Å².